The summed E-state index contributed by atoms with van der Waals surface area (Å²) in [6, 6.07) is 11.7. The number of likely N-dealkylation sites (tertiary alicyclic amines) is 1. The molecule has 1 amide bonds. The number of nitrogens with zero attached hydrogens (tertiary/aromatic N) is 2. The van der Waals surface area contributed by atoms with Crippen molar-refractivity contribution in [3.05, 3.63) is 35.9 Å². The molecule has 2 atom stereocenters. The van der Waals surface area contributed by atoms with Crippen molar-refractivity contribution in [3.63, 3.8) is 0 Å². The molecule has 27 heavy (non-hydrogen) atoms. The summed E-state index contributed by atoms with van der Waals surface area (Å²) < 4.78 is 0. The Balaban J connectivity index is 1.47. The summed E-state index contributed by atoms with van der Waals surface area (Å²) in [6.45, 7) is 8.34. The number of amides is 1. The van der Waals surface area contributed by atoms with E-state index in [-0.39, 0.29) is 11.4 Å². The lowest BCUT2D eigenvalue weighted by Gasteiger charge is -2.48. The van der Waals surface area contributed by atoms with E-state index in [4.69, 9.17) is 0 Å². The van der Waals surface area contributed by atoms with E-state index in [0.717, 1.165) is 39.1 Å². The lowest BCUT2D eigenvalue weighted by molar-refractivity contribution is -0.130. The molecule has 0 aromatic heterocycles. The van der Waals surface area contributed by atoms with Gasteiger partial charge in [0.2, 0.25) is 5.91 Å². The first-order chi connectivity index (χ1) is 13.1. The van der Waals surface area contributed by atoms with Crippen molar-refractivity contribution in [2.45, 2.75) is 69.9 Å². The molecule has 1 N–H and O–H groups in total. The van der Waals surface area contributed by atoms with Crippen LogP contribution in [0, 0.1) is 5.92 Å². The summed E-state index contributed by atoms with van der Waals surface area (Å²) in [6.07, 6.45) is 7.24. The molecule has 4 nitrogen and oxygen atoms in total. The third-order valence-electron chi connectivity index (χ3n) is 7.10. The summed E-state index contributed by atoms with van der Waals surface area (Å²) in [5.41, 5.74) is 1.25. The van der Waals surface area contributed by atoms with Crippen molar-refractivity contribution in [1.29, 1.82) is 0 Å². The summed E-state index contributed by atoms with van der Waals surface area (Å²) in [4.78, 5) is 17.9. The van der Waals surface area contributed by atoms with Gasteiger partial charge in [0.1, 0.15) is 5.54 Å². The van der Waals surface area contributed by atoms with Gasteiger partial charge in [0, 0.05) is 25.7 Å². The quantitative estimate of drug-likeness (QED) is 0.881. The van der Waals surface area contributed by atoms with E-state index >= 15 is 0 Å². The predicted octanol–water partition coefficient (Wildman–Crippen LogP) is 3.59. The van der Waals surface area contributed by atoms with Crippen LogP contribution in [0.15, 0.2) is 30.3 Å². The van der Waals surface area contributed by atoms with Crippen LogP contribution in [-0.4, -0.2) is 53.6 Å². The van der Waals surface area contributed by atoms with Crippen molar-refractivity contribution >= 4 is 5.91 Å². The molecule has 1 aromatic carbocycles. The first kappa shape index (κ1) is 18.9. The monoisotopic (exact) mass is 369 g/mol. The normalized spacial score (nSPS) is 29.4. The summed E-state index contributed by atoms with van der Waals surface area (Å²) in [7, 11) is 0. The fourth-order valence-electron chi connectivity index (χ4n) is 5.71. The first-order valence-electron chi connectivity index (χ1n) is 10.9. The molecule has 1 saturated carbocycles. The molecule has 148 valence electrons. The maximum absolute atomic E-state index is 12.7. The molecule has 1 aliphatic carbocycles. The van der Waals surface area contributed by atoms with Crippen LogP contribution in [0.2, 0.25) is 0 Å². The number of carbonyl (C=O) groups excluding carboxylic acids is 1. The molecule has 2 aliphatic heterocycles. The summed E-state index contributed by atoms with van der Waals surface area (Å²) in [5, 5.41) is 3.13. The van der Waals surface area contributed by atoms with Gasteiger partial charge in [-0.1, -0.05) is 57.0 Å². The van der Waals surface area contributed by atoms with Crippen LogP contribution >= 0.6 is 0 Å². The van der Waals surface area contributed by atoms with Gasteiger partial charge in [-0.15, -0.1) is 0 Å². The molecular weight excluding hydrogens is 334 g/mol. The zero-order valence-corrected chi connectivity index (χ0v) is 17.0. The molecule has 0 radical (unpaired) electrons. The zero-order chi connectivity index (χ0) is 18.9. The van der Waals surface area contributed by atoms with Crippen molar-refractivity contribution in [2.24, 2.45) is 5.92 Å². The average Bonchev–Trinajstić information content (AvgIpc) is 2.98. The van der Waals surface area contributed by atoms with Crippen LogP contribution in [0.25, 0.3) is 0 Å². The zero-order valence-electron chi connectivity index (χ0n) is 17.0. The Labute approximate surface area is 164 Å². The Morgan fingerprint density at radius 3 is 2.52 bits per heavy atom. The van der Waals surface area contributed by atoms with Crippen LogP contribution < -0.4 is 5.32 Å². The predicted molar refractivity (Wildman–Crippen MR) is 110 cm³/mol. The van der Waals surface area contributed by atoms with E-state index in [9.17, 15) is 4.79 Å². The van der Waals surface area contributed by atoms with Gasteiger partial charge in [0.25, 0.3) is 0 Å². The lowest BCUT2D eigenvalue weighted by Crippen LogP contribution is -2.58. The van der Waals surface area contributed by atoms with Crippen LogP contribution in [0.3, 0.4) is 0 Å². The molecular formula is C23H35N3O. The van der Waals surface area contributed by atoms with Gasteiger partial charge in [0.15, 0.2) is 0 Å². The number of benzene rings is 1. The second-order valence-corrected chi connectivity index (χ2v) is 9.22. The Morgan fingerprint density at radius 1 is 1.11 bits per heavy atom. The largest absolute Gasteiger partial charge is 0.342 e. The van der Waals surface area contributed by atoms with E-state index in [1.165, 1.54) is 31.2 Å². The average molecular weight is 370 g/mol. The minimum absolute atomic E-state index is 0.252. The molecule has 3 aliphatic rings. The SMILES string of the molecule is CC(C)CN1CNC(=O)C12CCN(C1CCCCC1c1ccccc1)CC2. The summed E-state index contributed by atoms with van der Waals surface area (Å²) >= 11 is 0. The third-order valence-corrected chi connectivity index (χ3v) is 7.10. The van der Waals surface area contributed by atoms with Gasteiger partial charge in [-0.2, -0.15) is 0 Å². The fourth-order valence-corrected chi connectivity index (χ4v) is 5.71. The number of hydrogen-bond acceptors (Lipinski definition) is 3. The maximum atomic E-state index is 12.7. The van der Waals surface area contributed by atoms with E-state index < -0.39 is 0 Å². The molecule has 4 rings (SSSR count). The van der Waals surface area contributed by atoms with E-state index in [1.54, 1.807) is 0 Å². The van der Waals surface area contributed by atoms with E-state index in [0.29, 0.717) is 17.9 Å². The standard InChI is InChI=1S/C23H35N3O/c1-18(2)16-26-17-24-22(27)23(26)12-14-25(15-13-23)21-11-7-6-10-20(21)19-8-4-3-5-9-19/h3-5,8-9,18,20-21H,6-7,10-17H2,1-2H3,(H,24,27). The van der Waals surface area contributed by atoms with Crippen molar-refractivity contribution in [3.8, 4) is 0 Å². The van der Waals surface area contributed by atoms with Gasteiger partial charge >= 0.3 is 0 Å². The van der Waals surface area contributed by atoms with E-state index in [2.05, 4.69) is 59.3 Å². The van der Waals surface area contributed by atoms with E-state index in [1.807, 2.05) is 0 Å². The molecule has 2 saturated heterocycles. The second kappa shape index (κ2) is 7.92. The van der Waals surface area contributed by atoms with Gasteiger partial charge in [-0.3, -0.25) is 14.6 Å². The Bertz CT molecular complexity index is 636. The molecule has 2 heterocycles. The molecule has 4 heteroatoms. The van der Waals surface area contributed by atoms with Crippen molar-refractivity contribution in [2.75, 3.05) is 26.3 Å². The Morgan fingerprint density at radius 2 is 1.81 bits per heavy atom. The number of piperidine rings is 1. The van der Waals surface area contributed by atoms with Crippen molar-refractivity contribution < 1.29 is 4.79 Å². The molecule has 3 fully saturated rings. The van der Waals surface area contributed by atoms with Crippen LogP contribution in [0.4, 0.5) is 0 Å². The number of hydrogen-bond donors (Lipinski definition) is 1. The highest BCUT2D eigenvalue weighted by Crippen LogP contribution is 2.40. The van der Waals surface area contributed by atoms with Crippen LogP contribution in [0.1, 0.15) is 63.9 Å². The number of nitrogens with one attached hydrogen (secondary N) is 1. The minimum atomic E-state index is -0.252. The number of rotatable bonds is 4. The van der Waals surface area contributed by atoms with Crippen LogP contribution in [-0.2, 0) is 4.79 Å². The lowest BCUT2D eigenvalue weighted by atomic mass is 9.77. The molecule has 2 unspecified atom stereocenters. The minimum Gasteiger partial charge on any atom is -0.342 e. The highest BCUT2D eigenvalue weighted by molar-refractivity contribution is 5.88. The molecule has 1 spiro atoms. The Kier molecular flexibility index (Phi) is 5.56. The molecule has 1 aromatic rings. The summed E-state index contributed by atoms with van der Waals surface area (Å²) in [5.74, 6) is 1.51. The molecule has 0 bridgehead atoms. The highest BCUT2D eigenvalue weighted by Gasteiger charge is 2.51. The topological polar surface area (TPSA) is 35.6 Å². The first-order valence-corrected chi connectivity index (χ1v) is 10.9. The van der Waals surface area contributed by atoms with Gasteiger partial charge in [0.05, 0.1) is 6.67 Å². The van der Waals surface area contributed by atoms with Crippen LogP contribution in [0.5, 0.6) is 0 Å². The van der Waals surface area contributed by atoms with Gasteiger partial charge in [-0.25, -0.2) is 0 Å². The fraction of sp³-hybridized carbons (Fsp3) is 0.696. The van der Waals surface area contributed by atoms with Gasteiger partial charge < -0.3 is 5.32 Å². The maximum Gasteiger partial charge on any atom is 0.241 e. The number of carbonyl (C=O) groups is 1. The highest BCUT2D eigenvalue weighted by atomic mass is 16.2. The Hall–Kier alpha value is -1.39. The smallest absolute Gasteiger partial charge is 0.241 e. The third kappa shape index (κ3) is 3.66. The van der Waals surface area contributed by atoms with Gasteiger partial charge in [-0.05, 0) is 43.1 Å². The second-order valence-electron chi connectivity index (χ2n) is 9.22. The van der Waals surface area contributed by atoms with Crippen molar-refractivity contribution in [1.82, 2.24) is 15.1 Å².